The first kappa shape index (κ1) is 15.2. The summed E-state index contributed by atoms with van der Waals surface area (Å²) in [4.78, 5) is 8.65. The number of hydrogen-bond donors (Lipinski definition) is 3. The minimum atomic E-state index is 0.334. The van der Waals surface area contributed by atoms with E-state index in [1.165, 1.54) is 5.56 Å². The quantitative estimate of drug-likeness (QED) is 0.536. The summed E-state index contributed by atoms with van der Waals surface area (Å²) in [6.07, 6.45) is 2.11. The average molecular weight is 287 g/mol. The van der Waals surface area contributed by atoms with Crippen LogP contribution < -0.4 is 16.6 Å². The molecule has 0 atom stereocenters. The van der Waals surface area contributed by atoms with Crippen LogP contribution in [0.3, 0.4) is 0 Å². The van der Waals surface area contributed by atoms with Crippen LogP contribution in [0, 0.1) is 0 Å². The van der Waals surface area contributed by atoms with Gasteiger partial charge in [0.15, 0.2) is 5.82 Å². The molecule has 1 aromatic carbocycles. The van der Waals surface area contributed by atoms with Crippen LogP contribution in [0.15, 0.2) is 30.3 Å². The van der Waals surface area contributed by atoms with Crippen molar-refractivity contribution < 1.29 is 4.74 Å². The average Bonchev–Trinajstić information content (AvgIpc) is 2.49. The summed E-state index contributed by atoms with van der Waals surface area (Å²) in [5.41, 5.74) is 4.85. The normalized spacial score (nSPS) is 10.4. The highest BCUT2D eigenvalue weighted by atomic mass is 16.5. The molecule has 0 saturated carbocycles. The number of anilines is 3. The monoisotopic (exact) mass is 287 g/mol. The smallest absolute Gasteiger partial charge is 0.158 e. The van der Waals surface area contributed by atoms with Crippen LogP contribution in [0.4, 0.5) is 17.3 Å². The Kier molecular flexibility index (Phi) is 5.48. The van der Waals surface area contributed by atoms with Crippen molar-refractivity contribution in [1.29, 1.82) is 0 Å². The molecule has 2 aromatic rings. The van der Waals surface area contributed by atoms with E-state index >= 15 is 0 Å². The Labute approximate surface area is 124 Å². The van der Waals surface area contributed by atoms with Gasteiger partial charge in [-0.2, -0.15) is 0 Å². The molecule has 0 aliphatic carbocycles. The third-order valence-corrected chi connectivity index (χ3v) is 2.99. The third kappa shape index (κ3) is 4.14. The van der Waals surface area contributed by atoms with Crippen LogP contribution in [-0.4, -0.2) is 17.1 Å². The maximum atomic E-state index is 5.45. The van der Waals surface area contributed by atoms with Gasteiger partial charge in [0.1, 0.15) is 18.2 Å². The standard InChI is InChI=1S/C15H21N5O/c1-3-6-11-7-4-5-8-12(11)17-13-9-14(20-16)19-15(18-13)10-21-2/h4-5,7-9H,3,6,10,16H2,1-2H3,(H2,17,18,19,20). The molecule has 0 aliphatic rings. The lowest BCUT2D eigenvalue weighted by atomic mass is 10.1. The van der Waals surface area contributed by atoms with Crippen LogP contribution in [0.2, 0.25) is 0 Å². The molecular weight excluding hydrogens is 266 g/mol. The number of aryl methyl sites for hydroxylation is 1. The van der Waals surface area contributed by atoms with E-state index < -0.39 is 0 Å². The Morgan fingerprint density at radius 3 is 2.67 bits per heavy atom. The highest BCUT2D eigenvalue weighted by Gasteiger charge is 2.06. The zero-order valence-electron chi connectivity index (χ0n) is 12.4. The molecule has 0 unspecified atom stereocenters. The van der Waals surface area contributed by atoms with Gasteiger partial charge in [-0.05, 0) is 18.1 Å². The van der Waals surface area contributed by atoms with Gasteiger partial charge in [-0.15, -0.1) is 0 Å². The van der Waals surface area contributed by atoms with E-state index in [1.54, 1.807) is 13.2 Å². The number of aromatic nitrogens is 2. The van der Waals surface area contributed by atoms with E-state index in [4.69, 9.17) is 10.6 Å². The number of para-hydroxylation sites is 1. The summed E-state index contributed by atoms with van der Waals surface area (Å²) in [5.74, 6) is 7.26. The Bertz CT molecular complexity index is 588. The molecule has 6 nitrogen and oxygen atoms in total. The summed E-state index contributed by atoms with van der Waals surface area (Å²) in [6.45, 7) is 2.50. The van der Waals surface area contributed by atoms with Crippen molar-refractivity contribution in [2.45, 2.75) is 26.4 Å². The lowest BCUT2D eigenvalue weighted by Crippen LogP contribution is -2.12. The molecule has 6 heteroatoms. The van der Waals surface area contributed by atoms with Crippen molar-refractivity contribution in [2.75, 3.05) is 17.9 Å². The second kappa shape index (κ2) is 7.56. The number of ether oxygens (including phenoxy) is 1. The first-order valence-electron chi connectivity index (χ1n) is 6.95. The molecule has 112 valence electrons. The molecule has 0 saturated heterocycles. The summed E-state index contributed by atoms with van der Waals surface area (Å²) in [6, 6.07) is 9.96. The van der Waals surface area contributed by atoms with E-state index in [0.717, 1.165) is 18.5 Å². The predicted octanol–water partition coefficient (Wildman–Crippen LogP) is 2.60. The van der Waals surface area contributed by atoms with Crippen molar-refractivity contribution in [2.24, 2.45) is 5.84 Å². The third-order valence-electron chi connectivity index (χ3n) is 2.99. The maximum absolute atomic E-state index is 5.45. The zero-order chi connectivity index (χ0) is 15.1. The van der Waals surface area contributed by atoms with Crippen molar-refractivity contribution in [3.63, 3.8) is 0 Å². The van der Waals surface area contributed by atoms with Crippen molar-refractivity contribution >= 4 is 17.3 Å². The number of nitrogens with two attached hydrogens (primary N) is 1. The second-order valence-electron chi connectivity index (χ2n) is 4.66. The molecule has 0 spiro atoms. The zero-order valence-corrected chi connectivity index (χ0v) is 12.4. The fraction of sp³-hybridized carbons (Fsp3) is 0.333. The molecule has 0 aliphatic heterocycles. The Hall–Kier alpha value is -2.18. The van der Waals surface area contributed by atoms with Gasteiger partial charge in [-0.1, -0.05) is 31.5 Å². The molecular formula is C15H21N5O. The molecule has 1 heterocycles. The van der Waals surface area contributed by atoms with Crippen molar-refractivity contribution in [1.82, 2.24) is 9.97 Å². The maximum Gasteiger partial charge on any atom is 0.158 e. The minimum absolute atomic E-state index is 0.334. The van der Waals surface area contributed by atoms with Gasteiger partial charge in [0.05, 0.1) is 0 Å². The highest BCUT2D eigenvalue weighted by molar-refractivity contribution is 5.62. The largest absolute Gasteiger partial charge is 0.377 e. The summed E-state index contributed by atoms with van der Waals surface area (Å²) in [7, 11) is 1.61. The molecule has 0 radical (unpaired) electrons. The first-order chi connectivity index (χ1) is 10.3. The summed E-state index contributed by atoms with van der Waals surface area (Å²) >= 11 is 0. The van der Waals surface area contributed by atoms with Gasteiger partial charge in [0.2, 0.25) is 0 Å². The first-order valence-corrected chi connectivity index (χ1v) is 6.95. The lowest BCUT2D eigenvalue weighted by Gasteiger charge is -2.12. The number of nitrogens with one attached hydrogen (secondary N) is 2. The summed E-state index contributed by atoms with van der Waals surface area (Å²) < 4.78 is 5.07. The molecule has 4 N–H and O–H groups in total. The van der Waals surface area contributed by atoms with Gasteiger partial charge >= 0.3 is 0 Å². The molecule has 1 aromatic heterocycles. The van der Waals surface area contributed by atoms with Crippen LogP contribution in [0.5, 0.6) is 0 Å². The van der Waals surface area contributed by atoms with Gasteiger partial charge in [0, 0.05) is 18.9 Å². The predicted molar refractivity (Wildman–Crippen MR) is 84.3 cm³/mol. The Morgan fingerprint density at radius 1 is 1.19 bits per heavy atom. The van der Waals surface area contributed by atoms with Crippen LogP contribution in [0.25, 0.3) is 0 Å². The molecule has 0 amide bonds. The minimum Gasteiger partial charge on any atom is -0.377 e. The second-order valence-corrected chi connectivity index (χ2v) is 4.66. The van der Waals surface area contributed by atoms with Gasteiger partial charge in [-0.25, -0.2) is 15.8 Å². The number of hydrogen-bond acceptors (Lipinski definition) is 6. The van der Waals surface area contributed by atoms with Gasteiger partial charge < -0.3 is 15.5 Å². The van der Waals surface area contributed by atoms with E-state index in [-0.39, 0.29) is 0 Å². The van der Waals surface area contributed by atoms with E-state index in [0.29, 0.717) is 24.1 Å². The molecule has 0 fully saturated rings. The van der Waals surface area contributed by atoms with Crippen molar-refractivity contribution in [3.05, 3.63) is 41.7 Å². The number of methoxy groups -OCH3 is 1. The Morgan fingerprint density at radius 2 is 1.95 bits per heavy atom. The van der Waals surface area contributed by atoms with E-state index in [9.17, 15) is 0 Å². The number of hydrazine groups is 1. The fourth-order valence-electron chi connectivity index (χ4n) is 2.10. The molecule has 0 bridgehead atoms. The Balaban J connectivity index is 2.28. The van der Waals surface area contributed by atoms with Gasteiger partial charge in [-0.3, -0.25) is 0 Å². The van der Waals surface area contributed by atoms with Crippen LogP contribution >= 0.6 is 0 Å². The number of rotatable bonds is 7. The van der Waals surface area contributed by atoms with E-state index in [2.05, 4.69) is 33.7 Å². The molecule has 2 rings (SSSR count). The van der Waals surface area contributed by atoms with Crippen LogP contribution in [-0.2, 0) is 17.8 Å². The number of benzene rings is 1. The highest BCUT2D eigenvalue weighted by Crippen LogP contribution is 2.22. The number of nitrogen functional groups attached to an aromatic ring is 1. The fourth-order valence-corrected chi connectivity index (χ4v) is 2.10. The van der Waals surface area contributed by atoms with Crippen LogP contribution in [0.1, 0.15) is 24.7 Å². The molecule has 21 heavy (non-hydrogen) atoms. The topological polar surface area (TPSA) is 85.1 Å². The van der Waals surface area contributed by atoms with Crippen molar-refractivity contribution in [3.8, 4) is 0 Å². The van der Waals surface area contributed by atoms with E-state index in [1.807, 2.05) is 18.2 Å². The van der Waals surface area contributed by atoms with Gasteiger partial charge in [0.25, 0.3) is 0 Å². The SMILES string of the molecule is CCCc1ccccc1Nc1cc(NN)nc(COC)n1. The number of nitrogens with zero attached hydrogens (tertiary/aromatic N) is 2. The summed E-state index contributed by atoms with van der Waals surface area (Å²) in [5, 5.41) is 3.33. The lowest BCUT2D eigenvalue weighted by molar-refractivity contribution is 0.178.